The van der Waals surface area contributed by atoms with Gasteiger partial charge in [0.05, 0.1) is 14.2 Å². The standard InChI is InChI=1S/C24H18O2/c1-25-23-15-9-19(10-16-23)7-13-21-5-3-4-6-22(21)14-8-20-11-17-24(26-2)18-12-20/h3-6,9-12,15-18H,1-2H3. The molecule has 0 saturated carbocycles. The molecular formula is C24H18O2. The van der Waals surface area contributed by atoms with Gasteiger partial charge in [0.1, 0.15) is 11.5 Å². The smallest absolute Gasteiger partial charge is 0.118 e. The molecule has 3 rings (SSSR count). The zero-order valence-corrected chi connectivity index (χ0v) is 14.7. The Morgan fingerprint density at radius 1 is 0.500 bits per heavy atom. The molecule has 26 heavy (non-hydrogen) atoms. The van der Waals surface area contributed by atoms with Crippen molar-refractivity contribution in [2.45, 2.75) is 0 Å². The molecule has 0 aliphatic heterocycles. The second-order valence-corrected chi connectivity index (χ2v) is 5.50. The van der Waals surface area contributed by atoms with Gasteiger partial charge < -0.3 is 9.47 Å². The zero-order chi connectivity index (χ0) is 18.2. The van der Waals surface area contributed by atoms with Gasteiger partial charge in [0.25, 0.3) is 0 Å². The fourth-order valence-electron chi connectivity index (χ4n) is 2.33. The maximum atomic E-state index is 5.17. The summed E-state index contributed by atoms with van der Waals surface area (Å²) >= 11 is 0. The normalized spacial score (nSPS) is 9.31. The summed E-state index contributed by atoms with van der Waals surface area (Å²) in [5, 5.41) is 0. The Morgan fingerprint density at radius 2 is 0.885 bits per heavy atom. The van der Waals surface area contributed by atoms with Crippen molar-refractivity contribution in [3.05, 3.63) is 95.1 Å². The SMILES string of the molecule is COc1ccc(C#Cc2ccccc2C#Cc2ccc(OC)cc2)cc1. The van der Waals surface area contributed by atoms with E-state index in [-0.39, 0.29) is 0 Å². The third-order valence-corrected chi connectivity index (χ3v) is 3.79. The van der Waals surface area contributed by atoms with E-state index in [1.807, 2.05) is 72.8 Å². The highest BCUT2D eigenvalue weighted by molar-refractivity contribution is 5.54. The van der Waals surface area contributed by atoms with Crippen molar-refractivity contribution in [2.24, 2.45) is 0 Å². The van der Waals surface area contributed by atoms with Gasteiger partial charge in [-0.05, 0) is 60.7 Å². The largest absolute Gasteiger partial charge is 0.497 e. The minimum atomic E-state index is 0.821. The molecule has 0 unspecified atom stereocenters. The number of methoxy groups -OCH3 is 2. The molecule has 2 heteroatoms. The van der Waals surface area contributed by atoms with Gasteiger partial charge in [-0.2, -0.15) is 0 Å². The van der Waals surface area contributed by atoms with E-state index in [1.165, 1.54) is 0 Å². The van der Waals surface area contributed by atoms with Crippen LogP contribution in [0.2, 0.25) is 0 Å². The Labute approximate surface area is 154 Å². The van der Waals surface area contributed by atoms with Crippen molar-refractivity contribution in [3.63, 3.8) is 0 Å². The van der Waals surface area contributed by atoms with Crippen molar-refractivity contribution < 1.29 is 9.47 Å². The number of rotatable bonds is 2. The average molecular weight is 338 g/mol. The molecule has 3 aromatic rings. The topological polar surface area (TPSA) is 18.5 Å². The number of benzene rings is 3. The molecule has 0 aliphatic carbocycles. The van der Waals surface area contributed by atoms with Gasteiger partial charge in [-0.1, -0.05) is 35.8 Å². The summed E-state index contributed by atoms with van der Waals surface area (Å²) in [6.07, 6.45) is 0. The van der Waals surface area contributed by atoms with Crippen LogP contribution in [0.4, 0.5) is 0 Å². The molecule has 0 spiro atoms. The van der Waals surface area contributed by atoms with Gasteiger partial charge in [-0.15, -0.1) is 0 Å². The van der Waals surface area contributed by atoms with Crippen LogP contribution in [0.3, 0.4) is 0 Å². The molecule has 0 N–H and O–H groups in total. The van der Waals surface area contributed by atoms with Gasteiger partial charge >= 0.3 is 0 Å². The van der Waals surface area contributed by atoms with Crippen molar-refractivity contribution in [3.8, 4) is 35.2 Å². The van der Waals surface area contributed by atoms with Crippen molar-refractivity contribution >= 4 is 0 Å². The van der Waals surface area contributed by atoms with Crippen LogP contribution in [0.5, 0.6) is 11.5 Å². The van der Waals surface area contributed by atoms with Crippen LogP contribution in [0.15, 0.2) is 72.8 Å². The highest BCUT2D eigenvalue weighted by Crippen LogP contribution is 2.12. The van der Waals surface area contributed by atoms with Crippen molar-refractivity contribution in [1.82, 2.24) is 0 Å². The third kappa shape index (κ3) is 4.47. The highest BCUT2D eigenvalue weighted by Gasteiger charge is 1.96. The molecular weight excluding hydrogens is 320 g/mol. The van der Waals surface area contributed by atoms with E-state index in [1.54, 1.807) is 14.2 Å². The molecule has 0 radical (unpaired) electrons. The van der Waals surface area contributed by atoms with Gasteiger partial charge in [0, 0.05) is 22.3 Å². The summed E-state index contributed by atoms with van der Waals surface area (Å²) in [5.74, 6) is 14.4. The predicted molar refractivity (Wildman–Crippen MR) is 104 cm³/mol. The summed E-state index contributed by atoms with van der Waals surface area (Å²) in [6, 6.07) is 23.3. The number of hydrogen-bond acceptors (Lipinski definition) is 2. The van der Waals surface area contributed by atoms with Crippen LogP contribution < -0.4 is 9.47 Å². The number of hydrogen-bond donors (Lipinski definition) is 0. The van der Waals surface area contributed by atoms with E-state index < -0.39 is 0 Å². The lowest BCUT2D eigenvalue weighted by Gasteiger charge is -1.99. The first-order valence-electron chi connectivity index (χ1n) is 8.19. The quantitative estimate of drug-likeness (QED) is 0.640. The predicted octanol–water partition coefficient (Wildman–Crippen LogP) is 4.50. The van der Waals surface area contributed by atoms with Crippen molar-refractivity contribution in [2.75, 3.05) is 14.2 Å². The van der Waals surface area contributed by atoms with E-state index in [4.69, 9.17) is 9.47 Å². The average Bonchev–Trinajstić information content (AvgIpc) is 2.72. The van der Waals surface area contributed by atoms with Crippen LogP contribution in [-0.2, 0) is 0 Å². The second-order valence-electron chi connectivity index (χ2n) is 5.50. The summed E-state index contributed by atoms with van der Waals surface area (Å²) < 4.78 is 10.3. The van der Waals surface area contributed by atoms with Gasteiger partial charge in [0.2, 0.25) is 0 Å². The first-order chi connectivity index (χ1) is 12.8. The summed E-state index contributed by atoms with van der Waals surface area (Å²) in [4.78, 5) is 0. The first kappa shape index (κ1) is 17.2. The Hall–Kier alpha value is -3.62. The maximum absolute atomic E-state index is 5.17. The van der Waals surface area contributed by atoms with Crippen molar-refractivity contribution in [1.29, 1.82) is 0 Å². The molecule has 0 atom stereocenters. The molecule has 0 fully saturated rings. The summed E-state index contributed by atoms with van der Waals surface area (Å²) in [7, 11) is 3.30. The monoisotopic (exact) mass is 338 g/mol. The maximum Gasteiger partial charge on any atom is 0.118 e. The lowest BCUT2D eigenvalue weighted by molar-refractivity contribution is 0.414. The van der Waals surface area contributed by atoms with Gasteiger partial charge in [-0.25, -0.2) is 0 Å². The molecule has 0 bridgehead atoms. The second kappa shape index (κ2) is 8.47. The minimum Gasteiger partial charge on any atom is -0.497 e. The summed E-state index contributed by atoms with van der Waals surface area (Å²) in [5.41, 5.74) is 3.68. The Balaban J connectivity index is 1.84. The molecule has 2 nitrogen and oxygen atoms in total. The Morgan fingerprint density at radius 3 is 1.23 bits per heavy atom. The Bertz CT molecular complexity index is 908. The molecule has 0 amide bonds. The van der Waals surface area contributed by atoms with Crippen LogP contribution in [0.1, 0.15) is 22.3 Å². The van der Waals surface area contributed by atoms with Crippen LogP contribution in [0.25, 0.3) is 0 Å². The lowest BCUT2D eigenvalue weighted by atomic mass is 10.1. The van der Waals surface area contributed by atoms with E-state index in [2.05, 4.69) is 23.7 Å². The third-order valence-electron chi connectivity index (χ3n) is 3.79. The van der Waals surface area contributed by atoms with E-state index in [9.17, 15) is 0 Å². The fraction of sp³-hybridized carbons (Fsp3) is 0.0833. The van der Waals surface area contributed by atoms with E-state index in [0.29, 0.717) is 0 Å². The molecule has 0 heterocycles. The minimum absolute atomic E-state index is 0.821. The highest BCUT2D eigenvalue weighted by atomic mass is 16.5. The lowest BCUT2D eigenvalue weighted by Crippen LogP contribution is -1.85. The van der Waals surface area contributed by atoms with Crippen LogP contribution in [-0.4, -0.2) is 14.2 Å². The van der Waals surface area contributed by atoms with E-state index >= 15 is 0 Å². The van der Waals surface area contributed by atoms with Crippen LogP contribution in [0, 0.1) is 23.7 Å². The van der Waals surface area contributed by atoms with Gasteiger partial charge in [0.15, 0.2) is 0 Å². The summed E-state index contributed by atoms with van der Waals surface area (Å²) in [6.45, 7) is 0. The molecule has 0 aliphatic rings. The van der Waals surface area contributed by atoms with Gasteiger partial charge in [-0.3, -0.25) is 0 Å². The first-order valence-corrected chi connectivity index (χ1v) is 8.19. The van der Waals surface area contributed by atoms with Crippen LogP contribution >= 0.6 is 0 Å². The zero-order valence-electron chi connectivity index (χ0n) is 14.7. The molecule has 0 aromatic heterocycles. The Kier molecular flexibility index (Phi) is 5.61. The number of ether oxygens (including phenoxy) is 2. The fourth-order valence-corrected chi connectivity index (χ4v) is 2.33. The molecule has 0 saturated heterocycles. The molecule has 126 valence electrons. The molecule has 3 aromatic carbocycles. The van der Waals surface area contributed by atoms with E-state index in [0.717, 1.165) is 33.8 Å².